The molecule has 6 heteroatoms. The summed E-state index contributed by atoms with van der Waals surface area (Å²) >= 11 is 0. The topological polar surface area (TPSA) is 72.5 Å². The number of hydrogen-bond acceptors (Lipinski definition) is 4. The van der Waals surface area contributed by atoms with E-state index in [0.29, 0.717) is 18.3 Å². The van der Waals surface area contributed by atoms with Crippen LogP contribution in [0.3, 0.4) is 0 Å². The van der Waals surface area contributed by atoms with Crippen LogP contribution in [0.5, 0.6) is 0 Å². The Bertz CT molecular complexity index is 842. The van der Waals surface area contributed by atoms with Gasteiger partial charge in [-0.1, -0.05) is 37.9 Å². The fraction of sp³-hybridized carbons (Fsp3) is 0.667. The van der Waals surface area contributed by atoms with Gasteiger partial charge in [-0.3, -0.25) is 9.59 Å². The fourth-order valence-corrected chi connectivity index (χ4v) is 5.17. The van der Waals surface area contributed by atoms with E-state index in [-0.39, 0.29) is 24.4 Å². The van der Waals surface area contributed by atoms with Gasteiger partial charge in [0.15, 0.2) is 0 Å². The van der Waals surface area contributed by atoms with Crippen molar-refractivity contribution >= 4 is 31.0 Å². The first-order valence-corrected chi connectivity index (χ1v) is 12.2. The van der Waals surface area contributed by atoms with E-state index in [0.717, 1.165) is 42.4 Å². The number of amides is 1. The van der Waals surface area contributed by atoms with Gasteiger partial charge in [-0.2, -0.15) is 0 Å². The van der Waals surface area contributed by atoms with E-state index in [1.807, 2.05) is 46.8 Å². The molecular weight excluding hydrogens is 413 g/mol. The smallest absolute Gasteiger partial charge is 0.407 e. The molecule has 0 bridgehead atoms. The Balaban J connectivity index is 0.00000137. The largest absolute Gasteiger partial charge is 0.444 e. The van der Waals surface area contributed by atoms with Crippen LogP contribution >= 0.6 is 0 Å². The molecule has 2 fully saturated rings. The molecule has 3 rings (SSSR count). The van der Waals surface area contributed by atoms with Crippen molar-refractivity contribution in [2.24, 2.45) is 5.41 Å². The number of benzene rings is 1. The van der Waals surface area contributed by atoms with Gasteiger partial charge < -0.3 is 10.1 Å². The van der Waals surface area contributed by atoms with Crippen LogP contribution in [0, 0.1) is 19.3 Å². The molecule has 2 saturated carbocycles. The highest BCUT2D eigenvalue weighted by molar-refractivity contribution is 6.32. The number of ketones is 2. The third-order valence-corrected chi connectivity index (χ3v) is 6.41. The van der Waals surface area contributed by atoms with Gasteiger partial charge >= 0.3 is 6.09 Å². The van der Waals surface area contributed by atoms with Crippen molar-refractivity contribution < 1.29 is 20.5 Å². The molecule has 0 saturated heterocycles. The summed E-state index contributed by atoms with van der Waals surface area (Å²) in [6.45, 7) is 13.6. The van der Waals surface area contributed by atoms with E-state index < -0.39 is 17.6 Å². The predicted octanol–water partition coefficient (Wildman–Crippen LogP) is 5.23. The standard InChI is InChI=1S/C24H32BNO4.C3H8.H2/c1-14-10-16(25)11-15(2)20(14)21-18(27)12-24(13-19(21)28)8-6-17(7-9-24)26-22(29)30-23(3,4)5;1-3-2;/h10-11,17,21H,6-9,12-13H2,1-5H3,(H,26,29);3H2,1-2H3;1H. The summed E-state index contributed by atoms with van der Waals surface area (Å²) in [5, 5.41) is 2.93. The number of carbonyl (C=O) groups is 3. The van der Waals surface area contributed by atoms with Crippen molar-refractivity contribution in [1.82, 2.24) is 5.32 Å². The van der Waals surface area contributed by atoms with Gasteiger partial charge in [0.2, 0.25) is 0 Å². The third-order valence-electron chi connectivity index (χ3n) is 6.41. The minimum atomic E-state index is -0.672. The van der Waals surface area contributed by atoms with Crippen molar-refractivity contribution in [2.45, 2.75) is 111 Å². The molecule has 1 aromatic carbocycles. The number of rotatable bonds is 2. The lowest BCUT2D eigenvalue weighted by Gasteiger charge is -2.43. The minimum Gasteiger partial charge on any atom is -0.444 e. The average molecular weight is 455 g/mol. The van der Waals surface area contributed by atoms with Crippen LogP contribution in [-0.4, -0.2) is 37.1 Å². The molecule has 0 aliphatic heterocycles. The van der Waals surface area contributed by atoms with Crippen molar-refractivity contribution in [1.29, 1.82) is 0 Å². The van der Waals surface area contributed by atoms with Crippen LogP contribution in [0.4, 0.5) is 4.79 Å². The molecule has 182 valence electrons. The normalized spacial score (nSPS) is 25.3. The quantitative estimate of drug-likeness (QED) is 0.490. The van der Waals surface area contributed by atoms with E-state index in [1.54, 1.807) is 0 Å². The van der Waals surface area contributed by atoms with Crippen LogP contribution in [0.2, 0.25) is 0 Å². The van der Waals surface area contributed by atoms with E-state index in [9.17, 15) is 14.4 Å². The first kappa shape index (κ1) is 27.1. The lowest BCUT2D eigenvalue weighted by molar-refractivity contribution is -0.138. The van der Waals surface area contributed by atoms with E-state index in [4.69, 9.17) is 12.6 Å². The fourth-order valence-electron chi connectivity index (χ4n) is 5.17. The Kier molecular flexibility index (Phi) is 8.95. The van der Waals surface area contributed by atoms with E-state index >= 15 is 0 Å². The molecule has 0 unspecified atom stereocenters. The maximum atomic E-state index is 13.1. The number of hydrogen-bond donors (Lipinski definition) is 1. The molecule has 0 heterocycles. The maximum Gasteiger partial charge on any atom is 0.407 e. The van der Waals surface area contributed by atoms with Crippen molar-refractivity contribution in [3.63, 3.8) is 0 Å². The van der Waals surface area contributed by atoms with Crippen molar-refractivity contribution in [3.05, 3.63) is 28.8 Å². The lowest BCUT2D eigenvalue weighted by Crippen LogP contribution is -2.46. The number of Topliss-reactive ketones (excluding diaryl/α,β-unsaturated/α-hetero) is 2. The Morgan fingerprint density at radius 3 is 1.97 bits per heavy atom. The second-order valence-corrected chi connectivity index (χ2v) is 10.9. The summed E-state index contributed by atoms with van der Waals surface area (Å²) < 4.78 is 5.34. The number of aryl methyl sites for hydroxylation is 2. The molecule has 1 spiro atoms. The van der Waals surface area contributed by atoms with Crippen LogP contribution in [-0.2, 0) is 14.3 Å². The highest BCUT2D eigenvalue weighted by Crippen LogP contribution is 2.48. The van der Waals surface area contributed by atoms with Crippen LogP contribution in [0.25, 0.3) is 0 Å². The second-order valence-electron chi connectivity index (χ2n) is 10.9. The van der Waals surface area contributed by atoms with Crippen LogP contribution in [0.1, 0.15) is 104 Å². The molecule has 5 nitrogen and oxygen atoms in total. The second kappa shape index (κ2) is 10.9. The number of ether oxygens (including phenoxy) is 1. The molecule has 0 aromatic heterocycles. The van der Waals surface area contributed by atoms with Gasteiger partial charge in [0.1, 0.15) is 30.9 Å². The molecule has 1 aromatic rings. The molecule has 1 amide bonds. The molecule has 0 atom stereocenters. The highest BCUT2D eigenvalue weighted by Gasteiger charge is 2.47. The van der Waals surface area contributed by atoms with Crippen molar-refractivity contribution in [3.8, 4) is 0 Å². The summed E-state index contributed by atoms with van der Waals surface area (Å²) in [6.07, 6.45) is 4.72. The summed E-state index contributed by atoms with van der Waals surface area (Å²) in [5.41, 5.74) is 2.48. The highest BCUT2D eigenvalue weighted by atomic mass is 16.6. The zero-order valence-electron chi connectivity index (χ0n) is 21.5. The summed E-state index contributed by atoms with van der Waals surface area (Å²) in [5.74, 6) is -0.643. The molecule has 2 aliphatic rings. The Hall–Kier alpha value is -2.11. The van der Waals surface area contributed by atoms with Crippen molar-refractivity contribution in [2.75, 3.05) is 0 Å². The summed E-state index contributed by atoms with van der Waals surface area (Å²) in [4.78, 5) is 38.3. The first-order valence-electron chi connectivity index (χ1n) is 12.2. The van der Waals surface area contributed by atoms with Gasteiger partial charge in [0.25, 0.3) is 0 Å². The Morgan fingerprint density at radius 1 is 1.09 bits per heavy atom. The van der Waals surface area contributed by atoms with Gasteiger partial charge in [-0.05, 0) is 82.4 Å². The van der Waals surface area contributed by atoms with E-state index in [1.165, 1.54) is 6.42 Å². The van der Waals surface area contributed by atoms with E-state index in [2.05, 4.69) is 19.2 Å². The molecule has 1 N–H and O–H groups in total. The lowest BCUT2D eigenvalue weighted by atomic mass is 9.60. The summed E-state index contributed by atoms with van der Waals surface area (Å²) in [7, 11) is 5.91. The van der Waals surface area contributed by atoms with Gasteiger partial charge in [-0.25, -0.2) is 4.79 Å². The number of alkyl carbamates (subject to hydrolysis) is 1. The minimum absolute atomic E-state index is 0. The predicted molar refractivity (Wildman–Crippen MR) is 135 cm³/mol. The van der Waals surface area contributed by atoms with Crippen LogP contribution in [0.15, 0.2) is 12.1 Å². The SMILES string of the molecule is CCC.[B]c1cc(C)c(C2C(=O)CC3(CCC(NC(=O)OC(C)(C)C)CC3)CC2=O)c(C)c1.[HH]. The number of nitrogens with one attached hydrogen (secondary N) is 1. The molecular formula is C27H42BNO4. The first-order chi connectivity index (χ1) is 15.3. The van der Waals surface area contributed by atoms with Gasteiger partial charge in [0, 0.05) is 20.3 Å². The van der Waals surface area contributed by atoms with Crippen LogP contribution < -0.4 is 10.8 Å². The number of carbonyl (C=O) groups excluding carboxylic acids is 3. The average Bonchev–Trinajstić information content (AvgIpc) is 2.64. The zero-order chi connectivity index (χ0) is 25.0. The van der Waals surface area contributed by atoms with Gasteiger partial charge in [0.05, 0.1) is 0 Å². The molecule has 2 radical (unpaired) electrons. The van der Waals surface area contributed by atoms with Gasteiger partial charge in [-0.15, -0.1) is 0 Å². The monoisotopic (exact) mass is 455 g/mol. The zero-order valence-corrected chi connectivity index (χ0v) is 21.5. The molecule has 2 aliphatic carbocycles. The molecule has 33 heavy (non-hydrogen) atoms. The Morgan fingerprint density at radius 2 is 1.55 bits per heavy atom. The summed E-state index contributed by atoms with van der Waals surface area (Å²) in [6, 6.07) is 3.69. The maximum absolute atomic E-state index is 13.1. The Labute approximate surface area is 202 Å². The third kappa shape index (κ3) is 7.19.